The first kappa shape index (κ1) is 33.6. The van der Waals surface area contributed by atoms with Gasteiger partial charge in [-0.05, 0) is 52.8 Å². The molecule has 0 radical (unpaired) electrons. The summed E-state index contributed by atoms with van der Waals surface area (Å²) in [7, 11) is 0. The van der Waals surface area contributed by atoms with Gasteiger partial charge in [0.1, 0.15) is 5.15 Å². The minimum Gasteiger partial charge on any atom is -0.392 e. The molecule has 0 spiro atoms. The van der Waals surface area contributed by atoms with Crippen molar-refractivity contribution < 1.29 is 29.4 Å². The number of aliphatic hydroxyl groups is 1. The second-order valence-corrected chi connectivity index (χ2v) is 11.9. The van der Waals surface area contributed by atoms with E-state index in [4.69, 9.17) is 37.9 Å². The Morgan fingerprint density at radius 1 is 0.891 bits per heavy atom. The van der Waals surface area contributed by atoms with Crippen molar-refractivity contribution in [1.82, 2.24) is 20.3 Å². The summed E-state index contributed by atoms with van der Waals surface area (Å²) in [6, 6.07) is 23.7. The number of nitrogens with one attached hydrogen (secondary N) is 2. The van der Waals surface area contributed by atoms with Crippen LogP contribution in [0.1, 0.15) is 66.8 Å². The molecule has 12 heteroatoms. The maximum Gasteiger partial charge on any atom is 0.243 e. The van der Waals surface area contributed by atoms with Crippen LogP contribution in [0.3, 0.4) is 0 Å². The largest absolute Gasteiger partial charge is 0.392 e. The Labute approximate surface area is 277 Å². The van der Waals surface area contributed by atoms with Gasteiger partial charge in [-0.25, -0.2) is 10.5 Å². The number of imidazole rings is 1. The van der Waals surface area contributed by atoms with E-state index in [-0.39, 0.29) is 36.3 Å². The summed E-state index contributed by atoms with van der Waals surface area (Å²) in [5.74, 6) is -0.557. The van der Waals surface area contributed by atoms with Crippen molar-refractivity contribution in [2.24, 2.45) is 0 Å². The lowest BCUT2D eigenvalue weighted by atomic mass is 9.98. The number of hydrogen-bond acceptors (Lipinski definition) is 7. The zero-order chi connectivity index (χ0) is 32.5. The first-order chi connectivity index (χ1) is 22.3. The highest BCUT2D eigenvalue weighted by molar-refractivity contribution is 6.40. The minimum absolute atomic E-state index is 0.0339. The van der Waals surface area contributed by atoms with E-state index in [1.807, 2.05) is 72.8 Å². The van der Waals surface area contributed by atoms with Gasteiger partial charge in [0.05, 0.1) is 31.7 Å². The first-order valence-electron chi connectivity index (χ1n) is 15.1. The maximum atomic E-state index is 12.3. The van der Waals surface area contributed by atoms with Crippen LogP contribution < -0.4 is 10.8 Å². The molecule has 3 aromatic carbocycles. The van der Waals surface area contributed by atoms with Gasteiger partial charge in [-0.3, -0.25) is 14.8 Å². The van der Waals surface area contributed by atoms with E-state index in [1.165, 1.54) is 0 Å². The van der Waals surface area contributed by atoms with Gasteiger partial charge in [-0.2, -0.15) is 0 Å². The zero-order valence-corrected chi connectivity index (χ0v) is 26.6. The molecule has 4 N–H and O–H groups in total. The van der Waals surface area contributed by atoms with Crippen LogP contribution in [0.25, 0.3) is 11.1 Å². The Hall–Kier alpha value is -3.77. The number of rotatable bonds is 13. The summed E-state index contributed by atoms with van der Waals surface area (Å²) < 4.78 is 14.8. The lowest BCUT2D eigenvalue weighted by Crippen LogP contribution is -2.32. The molecule has 0 bridgehead atoms. The third-order valence-corrected chi connectivity index (χ3v) is 8.61. The summed E-state index contributed by atoms with van der Waals surface area (Å²) >= 11 is 12.5. The molecule has 46 heavy (non-hydrogen) atoms. The Morgan fingerprint density at radius 2 is 1.61 bits per heavy atom. The second-order valence-electron chi connectivity index (χ2n) is 11.2. The van der Waals surface area contributed by atoms with Gasteiger partial charge in [-0.1, -0.05) is 83.9 Å². The molecule has 4 aromatic rings. The number of carbonyl (C=O) groups excluding carboxylic acids is 2. The Bertz CT molecular complexity index is 1630. The fourth-order valence-corrected chi connectivity index (χ4v) is 5.68. The number of nitrogens with zero attached hydrogens (tertiary/aromatic N) is 2. The van der Waals surface area contributed by atoms with Crippen LogP contribution in [0, 0.1) is 0 Å². The average Bonchev–Trinajstić information content (AvgIpc) is 3.41. The molecule has 0 aliphatic carbocycles. The third kappa shape index (κ3) is 8.94. The smallest absolute Gasteiger partial charge is 0.243 e. The molecule has 2 amide bonds. The molecular formula is C34H36Cl2N4O6. The molecule has 1 saturated heterocycles. The molecule has 242 valence electrons. The third-order valence-electron chi connectivity index (χ3n) is 7.84. The normalized spacial score (nSPS) is 17.9. The molecule has 1 fully saturated rings. The Morgan fingerprint density at radius 3 is 2.30 bits per heavy atom. The van der Waals surface area contributed by atoms with E-state index in [1.54, 1.807) is 16.4 Å². The van der Waals surface area contributed by atoms with Crippen molar-refractivity contribution in [3.05, 3.63) is 112 Å². The van der Waals surface area contributed by atoms with Crippen molar-refractivity contribution in [3.8, 4) is 11.1 Å². The summed E-state index contributed by atoms with van der Waals surface area (Å²) in [5.41, 5.74) is 7.14. The van der Waals surface area contributed by atoms with Gasteiger partial charge in [0.25, 0.3) is 0 Å². The number of amides is 2. The highest BCUT2D eigenvalue weighted by Gasteiger charge is 2.33. The van der Waals surface area contributed by atoms with Crippen molar-refractivity contribution in [1.29, 1.82) is 0 Å². The van der Waals surface area contributed by atoms with Crippen molar-refractivity contribution in [3.63, 3.8) is 0 Å². The average molecular weight is 668 g/mol. The number of hydroxylamine groups is 1. The number of halogens is 2. The predicted molar refractivity (Wildman–Crippen MR) is 173 cm³/mol. The quantitative estimate of drug-likeness (QED) is 0.0750. The fourth-order valence-electron chi connectivity index (χ4n) is 5.36. The van der Waals surface area contributed by atoms with E-state index in [0.717, 1.165) is 33.4 Å². The molecular weight excluding hydrogens is 631 g/mol. The van der Waals surface area contributed by atoms with Crippen LogP contribution >= 0.6 is 23.2 Å². The minimum atomic E-state index is -0.662. The number of aliphatic hydroxyl groups excluding tert-OH is 1. The summed E-state index contributed by atoms with van der Waals surface area (Å²) in [5, 5.41) is 21.6. The van der Waals surface area contributed by atoms with Crippen LogP contribution in [-0.4, -0.2) is 37.8 Å². The van der Waals surface area contributed by atoms with Crippen LogP contribution in [0.15, 0.2) is 79.1 Å². The zero-order valence-electron chi connectivity index (χ0n) is 25.1. The highest BCUT2D eigenvalue weighted by atomic mass is 35.5. The summed E-state index contributed by atoms with van der Waals surface area (Å²) in [6.45, 7) is 0.778. The number of hydrogen-bond donors (Lipinski definition) is 4. The monoisotopic (exact) mass is 666 g/mol. The molecule has 1 aromatic heterocycles. The summed E-state index contributed by atoms with van der Waals surface area (Å²) in [4.78, 5) is 27.5. The summed E-state index contributed by atoms with van der Waals surface area (Å²) in [6.07, 6.45) is 2.53. The van der Waals surface area contributed by atoms with Gasteiger partial charge >= 0.3 is 0 Å². The lowest BCUT2D eigenvalue weighted by molar-refractivity contribution is -0.252. The highest BCUT2D eigenvalue weighted by Crippen LogP contribution is 2.39. The predicted octanol–water partition coefficient (Wildman–Crippen LogP) is 6.28. The number of unbranched alkanes of at least 4 members (excludes halogenated alkanes) is 1. The van der Waals surface area contributed by atoms with Gasteiger partial charge in [0, 0.05) is 31.4 Å². The van der Waals surface area contributed by atoms with Gasteiger partial charge < -0.3 is 24.5 Å². The van der Waals surface area contributed by atoms with Crippen LogP contribution in [0.4, 0.5) is 0 Å². The van der Waals surface area contributed by atoms with E-state index in [0.29, 0.717) is 43.9 Å². The number of aromatic nitrogens is 2. The number of benzene rings is 3. The SMILES string of the molecule is O=C(CCCCC(=O)NCc1cccc(-c2cccc(C3OC(Cn4cnc(Cl)c4Cl)CC(c4ccc(CO)cc4)O3)c2)c1)NO. The molecule has 3 atom stereocenters. The number of carbonyl (C=O) groups is 2. The topological polar surface area (TPSA) is 135 Å². The lowest BCUT2D eigenvalue weighted by Gasteiger charge is -2.36. The van der Waals surface area contributed by atoms with Crippen LogP contribution in [0.5, 0.6) is 0 Å². The molecule has 1 aliphatic heterocycles. The maximum absolute atomic E-state index is 12.3. The second kappa shape index (κ2) is 16.2. The van der Waals surface area contributed by atoms with Crippen LogP contribution in [0.2, 0.25) is 10.3 Å². The molecule has 1 aliphatic rings. The fraction of sp³-hybridized carbons (Fsp3) is 0.324. The molecule has 10 nitrogen and oxygen atoms in total. The standard InChI is InChI=1S/C34H36Cl2N4O6/c35-32-33(36)40(21-38-32)19-28-17-29(24-13-11-22(20-41)12-14-24)46-34(45-28)27-8-4-7-26(16-27)25-6-3-5-23(15-25)18-37-30(42)9-1-2-10-31(43)39-44/h3-8,11-16,21,28-29,34,41,44H,1-2,9-10,17-20H2,(H,37,42)(H,39,43). The van der Waals surface area contributed by atoms with Gasteiger partial charge in [-0.15, -0.1) is 0 Å². The molecule has 2 heterocycles. The van der Waals surface area contributed by atoms with E-state index in [9.17, 15) is 14.7 Å². The van der Waals surface area contributed by atoms with Gasteiger partial charge in [0.15, 0.2) is 11.4 Å². The van der Waals surface area contributed by atoms with E-state index in [2.05, 4.69) is 10.3 Å². The van der Waals surface area contributed by atoms with Crippen molar-refractivity contribution in [2.45, 2.75) is 70.3 Å². The molecule has 3 unspecified atom stereocenters. The van der Waals surface area contributed by atoms with Crippen molar-refractivity contribution >= 4 is 35.0 Å². The van der Waals surface area contributed by atoms with Crippen LogP contribution in [-0.2, 0) is 38.8 Å². The van der Waals surface area contributed by atoms with Crippen molar-refractivity contribution in [2.75, 3.05) is 0 Å². The van der Waals surface area contributed by atoms with E-state index >= 15 is 0 Å². The molecule has 5 rings (SSSR count). The Balaban J connectivity index is 1.29. The first-order valence-corrected chi connectivity index (χ1v) is 15.8. The Kier molecular flexibility index (Phi) is 11.8. The van der Waals surface area contributed by atoms with E-state index < -0.39 is 12.2 Å². The molecule has 0 saturated carbocycles. The van der Waals surface area contributed by atoms with Gasteiger partial charge in [0.2, 0.25) is 11.8 Å². The number of ether oxygens (including phenoxy) is 2.